The Labute approximate surface area is 209 Å². The van der Waals surface area contributed by atoms with Crippen LogP contribution in [0.3, 0.4) is 0 Å². The van der Waals surface area contributed by atoms with E-state index in [-0.39, 0.29) is 24.9 Å². The molecule has 0 spiro atoms. The predicted molar refractivity (Wildman–Crippen MR) is 131 cm³/mol. The van der Waals surface area contributed by atoms with Gasteiger partial charge in [-0.1, -0.05) is 43.7 Å². The second-order valence-corrected chi connectivity index (χ2v) is 9.00. The van der Waals surface area contributed by atoms with E-state index in [0.29, 0.717) is 29.8 Å². The molecule has 188 valence electrons. The van der Waals surface area contributed by atoms with Gasteiger partial charge in [-0.15, -0.1) is 10.2 Å². The number of furan rings is 2. The Morgan fingerprint density at radius 3 is 2.47 bits per heavy atom. The van der Waals surface area contributed by atoms with Crippen LogP contribution in [0.2, 0.25) is 0 Å². The average Bonchev–Trinajstić information content (AvgIpc) is 3.63. The van der Waals surface area contributed by atoms with E-state index >= 15 is 0 Å². The van der Waals surface area contributed by atoms with Crippen LogP contribution in [0, 0.1) is 12.8 Å². The van der Waals surface area contributed by atoms with E-state index < -0.39 is 6.04 Å². The molecule has 10 nitrogen and oxygen atoms in total. The first-order valence-electron chi connectivity index (χ1n) is 11.9. The number of amides is 2. The number of nitrogens with one attached hydrogen (secondary N) is 1. The highest BCUT2D eigenvalue weighted by Crippen LogP contribution is 2.25. The lowest BCUT2D eigenvalue weighted by molar-refractivity contribution is -0.143. The van der Waals surface area contributed by atoms with E-state index in [1.165, 1.54) is 22.2 Å². The number of carbonyl (C=O) groups excluding carboxylic acids is 2. The van der Waals surface area contributed by atoms with E-state index in [9.17, 15) is 9.59 Å². The predicted octanol–water partition coefficient (Wildman–Crippen LogP) is 3.77. The van der Waals surface area contributed by atoms with E-state index in [1.54, 1.807) is 24.3 Å². The molecule has 36 heavy (non-hydrogen) atoms. The minimum atomic E-state index is -0.996. The van der Waals surface area contributed by atoms with Crippen LogP contribution < -0.4 is 5.32 Å². The number of hydrogen-bond donors (Lipinski definition) is 1. The van der Waals surface area contributed by atoms with E-state index in [4.69, 9.17) is 8.83 Å². The van der Waals surface area contributed by atoms with Gasteiger partial charge in [-0.05, 0) is 48.7 Å². The third-order valence-corrected chi connectivity index (χ3v) is 5.66. The first kappa shape index (κ1) is 24.9. The molecule has 0 fully saturated rings. The van der Waals surface area contributed by atoms with Crippen molar-refractivity contribution in [2.75, 3.05) is 6.54 Å². The zero-order chi connectivity index (χ0) is 25.5. The molecule has 0 aliphatic heterocycles. The van der Waals surface area contributed by atoms with Gasteiger partial charge in [-0.3, -0.25) is 9.59 Å². The molecule has 0 saturated carbocycles. The Morgan fingerprint density at radius 1 is 1.06 bits per heavy atom. The van der Waals surface area contributed by atoms with Gasteiger partial charge in [0.25, 0.3) is 5.91 Å². The number of nitrogens with zero attached hydrogens (tertiary/aromatic N) is 5. The standard InChI is InChI=1S/C26H30N6O4/c1-18(2)12-13-27-26(34)24(22-7-5-15-36-22)31(16-21-6-4-14-35-21)23(33)17-32-29-25(28-30-32)20-10-8-19(3)9-11-20/h4-11,14-15,18,24H,12-13,16-17H2,1-3H3,(H,27,34). The number of benzene rings is 1. The van der Waals surface area contributed by atoms with E-state index in [0.717, 1.165) is 17.5 Å². The van der Waals surface area contributed by atoms with Crippen molar-refractivity contribution in [3.8, 4) is 11.4 Å². The fraction of sp³-hybridized carbons (Fsp3) is 0.346. The molecule has 0 aliphatic rings. The second kappa shape index (κ2) is 11.5. The smallest absolute Gasteiger partial charge is 0.250 e. The van der Waals surface area contributed by atoms with Gasteiger partial charge < -0.3 is 19.1 Å². The van der Waals surface area contributed by atoms with Gasteiger partial charge in [0.15, 0.2) is 6.04 Å². The Kier molecular flexibility index (Phi) is 7.94. The molecule has 1 N–H and O–H groups in total. The fourth-order valence-corrected chi connectivity index (χ4v) is 3.69. The zero-order valence-corrected chi connectivity index (χ0v) is 20.6. The molecule has 1 atom stereocenters. The molecule has 3 aromatic heterocycles. The van der Waals surface area contributed by atoms with Crippen molar-refractivity contribution >= 4 is 11.8 Å². The molecule has 1 unspecified atom stereocenters. The first-order chi connectivity index (χ1) is 17.4. The van der Waals surface area contributed by atoms with Crippen molar-refractivity contribution in [1.82, 2.24) is 30.4 Å². The summed E-state index contributed by atoms with van der Waals surface area (Å²) in [6, 6.07) is 13.6. The molecular weight excluding hydrogens is 460 g/mol. The minimum Gasteiger partial charge on any atom is -0.467 e. The lowest BCUT2D eigenvalue weighted by atomic mass is 10.1. The summed E-state index contributed by atoms with van der Waals surface area (Å²) in [5.41, 5.74) is 1.91. The minimum absolute atomic E-state index is 0.0638. The van der Waals surface area contributed by atoms with Crippen LogP contribution in [0.5, 0.6) is 0 Å². The summed E-state index contributed by atoms with van der Waals surface area (Å²) in [4.78, 5) is 29.5. The van der Waals surface area contributed by atoms with Gasteiger partial charge in [-0.25, -0.2) is 0 Å². The van der Waals surface area contributed by atoms with Crippen molar-refractivity contribution < 1.29 is 18.4 Å². The summed E-state index contributed by atoms with van der Waals surface area (Å²) < 4.78 is 11.1. The van der Waals surface area contributed by atoms with Crippen molar-refractivity contribution in [3.63, 3.8) is 0 Å². The molecule has 0 bridgehead atoms. The van der Waals surface area contributed by atoms with Gasteiger partial charge in [0.2, 0.25) is 11.7 Å². The van der Waals surface area contributed by atoms with E-state index in [2.05, 4.69) is 34.6 Å². The number of hydrogen-bond acceptors (Lipinski definition) is 7. The molecule has 0 saturated heterocycles. The highest BCUT2D eigenvalue weighted by atomic mass is 16.3. The van der Waals surface area contributed by atoms with Crippen LogP contribution >= 0.6 is 0 Å². The zero-order valence-electron chi connectivity index (χ0n) is 20.6. The summed E-state index contributed by atoms with van der Waals surface area (Å²) >= 11 is 0. The normalized spacial score (nSPS) is 12.0. The molecule has 1 aromatic carbocycles. The maximum absolute atomic E-state index is 13.6. The van der Waals surface area contributed by atoms with Crippen molar-refractivity contribution in [1.29, 1.82) is 0 Å². The molecule has 0 aliphatic carbocycles. The SMILES string of the molecule is Cc1ccc(-c2nnn(CC(=O)N(Cc3ccco3)C(C(=O)NCCC(C)C)c3ccco3)n2)cc1. The van der Waals surface area contributed by atoms with Crippen LogP contribution in [-0.4, -0.2) is 43.5 Å². The highest BCUT2D eigenvalue weighted by Gasteiger charge is 2.34. The van der Waals surface area contributed by atoms with Crippen molar-refractivity contribution in [2.45, 2.75) is 46.3 Å². The molecule has 3 heterocycles. The number of rotatable bonds is 11. The molecule has 2 amide bonds. The highest BCUT2D eigenvalue weighted by molar-refractivity contribution is 5.88. The van der Waals surface area contributed by atoms with Gasteiger partial charge in [0.1, 0.15) is 18.1 Å². The van der Waals surface area contributed by atoms with Gasteiger partial charge in [0, 0.05) is 12.1 Å². The largest absolute Gasteiger partial charge is 0.467 e. The Morgan fingerprint density at radius 2 is 1.81 bits per heavy atom. The Bertz CT molecular complexity index is 1250. The monoisotopic (exact) mass is 490 g/mol. The summed E-state index contributed by atoms with van der Waals surface area (Å²) in [6.07, 6.45) is 3.81. The van der Waals surface area contributed by atoms with Crippen LogP contribution in [0.1, 0.15) is 43.4 Å². The average molecular weight is 491 g/mol. The summed E-state index contributed by atoms with van der Waals surface area (Å²) in [6.45, 7) is 6.50. The van der Waals surface area contributed by atoms with Crippen LogP contribution in [0.25, 0.3) is 11.4 Å². The lowest BCUT2D eigenvalue weighted by Gasteiger charge is -2.29. The van der Waals surface area contributed by atoms with Gasteiger partial charge >= 0.3 is 0 Å². The lowest BCUT2D eigenvalue weighted by Crippen LogP contribution is -2.45. The first-order valence-corrected chi connectivity index (χ1v) is 11.9. The van der Waals surface area contributed by atoms with Crippen LogP contribution in [-0.2, 0) is 22.7 Å². The molecular formula is C26H30N6O4. The van der Waals surface area contributed by atoms with Crippen molar-refractivity contribution in [3.05, 3.63) is 78.1 Å². The Balaban J connectivity index is 1.58. The van der Waals surface area contributed by atoms with E-state index in [1.807, 2.05) is 31.2 Å². The third-order valence-electron chi connectivity index (χ3n) is 5.66. The number of carbonyl (C=O) groups is 2. The quantitative estimate of drug-likeness (QED) is 0.340. The number of tetrazole rings is 1. The van der Waals surface area contributed by atoms with Crippen LogP contribution in [0.4, 0.5) is 0 Å². The van der Waals surface area contributed by atoms with Gasteiger partial charge in [0.05, 0.1) is 19.1 Å². The second-order valence-electron chi connectivity index (χ2n) is 9.00. The Hall–Kier alpha value is -4.21. The fourth-order valence-electron chi connectivity index (χ4n) is 3.69. The van der Waals surface area contributed by atoms with Gasteiger partial charge in [-0.2, -0.15) is 4.80 Å². The molecule has 4 aromatic rings. The summed E-state index contributed by atoms with van der Waals surface area (Å²) in [7, 11) is 0. The number of aryl methyl sites for hydroxylation is 1. The van der Waals surface area contributed by atoms with Crippen LogP contribution in [0.15, 0.2) is 69.9 Å². The summed E-state index contributed by atoms with van der Waals surface area (Å²) in [5, 5.41) is 15.4. The topological polar surface area (TPSA) is 119 Å². The molecule has 0 radical (unpaired) electrons. The number of aromatic nitrogens is 4. The summed E-state index contributed by atoms with van der Waals surface area (Å²) in [5.74, 6) is 0.992. The maximum atomic E-state index is 13.6. The third kappa shape index (κ3) is 6.26. The molecule has 10 heteroatoms. The maximum Gasteiger partial charge on any atom is 0.250 e. The van der Waals surface area contributed by atoms with Crippen molar-refractivity contribution in [2.24, 2.45) is 5.92 Å². The molecule has 4 rings (SSSR count).